The Bertz CT molecular complexity index is 660. The maximum Gasteiger partial charge on any atom is 0.382 e. The van der Waals surface area contributed by atoms with E-state index in [4.69, 9.17) is 5.11 Å². The van der Waals surface area contributed by atoms with Gasteiger partial charge in [0.1, 0.15) is 0 Å². The summed E-state index contributed by atoms with van der Waals surface area (Å²) in [6.45, 7) is 0. The minimum atomic E-state index is -4.47. The van der Waals surface area contributed by atoms with Crippen molar-refractivity contribution in [2.75, 3.05) is 0 Å². The Morgan fingerprint density at radius 1 is 1.20 bits per heavy atom. The number of carbonyl (C=O) groups is 2. The van der Waals surface area contributed by atoms with E-state index in [1.807, 2.05) is 0 Å². The van der Waals surface area contributed by atoms with Crippen molar-refractivity contribution < 1.29 is 27.3 Å². The van der Waals surface area contributed by atoms with Gasteiger partial charge < -0.3 is 9.29 Å². The molecule has 1 aromatic carbocycles. The monoisotopic (exact) mass is 297 g/mol. The second-order valence-corrected chi connectivity index (χ2v) is 4.70. The summed E-state index contributed by atoms with van der Waals surface area (Å²) in [5, 5.41) is 13.4. The molecule has 0 aliphatic carbocycles. The first-order chi connectivity index (χ1) is 9.28. The zero-order valence-electron chi connectivity index (χ0n) is 10.1. The van der Waals surface area contributed by atoms with E-state index >= 15 is 0 Å². The number of nitrogens with two attached hydrogens (primary N) is 1. The number of carbonyl (C=O) groups excluding carboxylic acids is 1. The maximum atomic E-state index is 11.1. The quantitative estimate of drug-likeness (QED) is 0.601. The van der Waals surface area contributed by atoms with Gasteiger partial charge in [-0.3, -0.25) is 0 Å². The average Bonchev–Trinajstić information content (AvgIpc) is 2.33. The highest BCUT2D eigenvalue weighted by Crippen LogP contribution is 2.06. The van der Waals surface area contributed by atoms with Crippen LogP contribution in [0.4, 0.5) is 0 Å². The van der Waals surface area contributed by atoms with Gasteiger partial charge in [-0.1, -0.05) is 36.4 Å². The second-order valence-electron chi connectivity index (χ2n) is 3.54. The minimum absolute atomic E-state index is 0.442. The van der Waals surface area contributed by atoms with Gasteiger partial charge in [0.25, 0.3) is 0 Å². The number of hydrogen-bond donors (Lipinski definition) is 2. The number of carboxylic acids is 1. The second kappa shape index (κ2) is 6.64. The van der Waals surface area contributed by atoms with Crippen molar-refractivity contribution in [3.8, 4) is 0 Å². The minimum Gasteiger partial charge on any atom is -0.478 e. The maximum absolute atomic E-state index is 11.1. The topological polar surface area (TPSA) is 124 Å². The van der Waals surface area contributed by atoms with Gasteiger partial charge in [0.15, 0.2) is 0 Å². The molecule has 0 fully saturated rings. The fourth-order valence-corrected chi connectivity index (χ4v) is 1.47. The Kier molecular flexibility index (Phi) is 5.18. The number of hydrogen-bond acceptors (Lipinski definition) is 5. The van der Waals surface area contributed by atoms with Crippen molar-refractivity contribution in [2.45, 2.75) is 0 Å². The highest BCUT2D eigenvalue weighted by atomic mass is 32.2. The number of rotatable bonds is 5. The van der Waals surface area contributed by atoms with Crippen molar-refractivity contribution >= 4 is 28.3 Å². The zero-order chi connectivity index (χ0) is 15.2. The van der Waals surface area contributed by atoms with Crippen molar-refractivity contribution in [3.05, 3.63) is 53.6 Å². The summed E-state index contributed by atoms with van der Waals surface area (Å²) in [7, 11) is -4.47. The third-order valence-corrected chi connectivity index (χ3v) is 2.37. The van der Waals surface area contributed by atoms with E-state index < -0.39 is 27.8 Å². The van der Waals surface area contributed by atoms with E-state index in [1.165, 1.54) is 6.08 Å². The van der Waals surface area contributed by atoms with Gasteiger partial charge in [0, 0.05) is 6.08 Å². The summed E-state index contributed by atoms with van der Waals surface area (Å²) < 4.78 is 24.8. The lowest BCUT2D eigenvalue weighted by molar-refractivity contribution is -0.133. The Balaban J connectivity index is 2.93. The molecule has 0 unspecified atom stereocenters. The third-order valence-electron chi connectivity index (χ3n) is 1.97. The van der Waals surface area contributed by atoms with Gasteiger partial charge in [-0.15, -0.1) is 0 Å². The summed E-state index contributed by atoms with van der Waals surface area (Å²) in [6.07, 6.45) is 3.11. The smallest absolute Gasteiger partial charge is 0.382 e. The Morgan fingerprint density at radius 3 is 2.30 bits per heavy atom. The lowest BCUT2D eigenvalue weighted by Gasteiger charge is -1.98. The molecule has 20 heavy (non-hydrogen) atoms. The fraction of sp³-hybridized carbons (Fsp3) is 0. The molecule has 0 amide bonds. The molecule has 0 heterocycles. The summed E-state index contributed by atoms with van der Waals surface area (Å²) in [4.78, 5) is 22.0. The number of benzene rings is 1. The molecule has 0 saturated carbocycles. The first-order valence-electron chi connectivity index (χ1n) is 5.22. The van der Waals surface area contributed by atoms with E-state index in [0.29, 0.717) is 11.6 Å². The van der Waals surface area contributed by atoms with Crippen LogP contribution >= 0.6 is 0 Å². The summed E-state index contributed by atoms with van der Waals surface area (Å²) in [6, 6.07) is 8.73. The van der Waals surface area contributed by atoms with Crippen LogP contribution < -0.4 is 5.14 Å². The van der Waals surface area contributed by atoms with Crippen LogP contribution in [0.25, 0.3) is 6.08 Å². The van der Waals surface area contributed by atoms with Crippen LogP contribution in [0.2, 0.25) is 0 Å². The number of aliphatic carboxylic acids is 1. The molecule has 0 aliphatic rings. The molecule has 1 rings (SSSR count). The molecule has 0 spiro atoms. The molecule has 0 bridgehead atoms. The highest BCUT2D eigenvalue weighted by molar-refractivity contribution is 7.84. The van der Waals surface area contributed by atoms with Crippen LogP contribution in [-0.4, -0.2) is 25.5 Å². The van der Waals surface area contributed by atoms with Gasteiger partial charge in [-0.05, 0) is 11.6 Å². The third kappa shape index (κ3) is 5.94. The van der Waals surface area contributed by atoms with Crippen LogP contribution in [-0.2, 0) is 24.1 Å². The van der Waals surface area contributed by atoms with Gasteiger partial charge in [-0.2, -0.15) is 13.6 Å². The van der Waals surface area contributed by atoms with E-state index in [0.717, 1.165) is 6.08 Å². The molecular weight excluding hydrogens is 286 g/mol. The van der Waals surface area contributed by atoms with Crippen molar-refractivity contribution in [3.63, 3.8) is 0 Å². The fourth-order valence-electron chi connectivity index (χ4n) is 1.20. The Labute approximate surface area is 115 Å². The summed E-state index contributed by atoms with van der Waals surface area (Å²) >= 11 is 0. The van der Waals surface area contributed by atoms with Crippen LogP contribution in [0.1, 0.15) is 5.56 Å². The van der Waals surface area contributed by atoms with E-state index in [-0.39, 0.29) is 0 Å². The molecule has 0 aromatic heterocycles. The largest absolute Gasteiger partial charge is 0.478 e. The molecule has 0 saturated heterocycles. The lowest BCUT2D eigenvalue weighted by atomic mass is 10.1. The van der Waals surface area contributed by atoms with Gasteiger partial charge in [0.05, 0.1) is 5.57 Å². The predicted molar refractivity (Wildman–Crippen MR) is 70.4 cm³/mol. The van der Waals surface area contributed by atoms with Crippen LogP contribution in [0, 0.1) is 0 Å². The van der Waals surface area contributed by atoms with Gasteiger partial charge in [-0.25, -0.2) is 9.59 Å². The number of carboxylic acid groups (broad SMARTS) is 1. The molecule has 0 aliphatic heterocycles. The van der Waals surface area contributed by atoms with Crippen LogP contribution in [0.5, 0.6) is 0 Å². The van der Waals surface area contributed by atoms with Crippen molar-refractivity contribution in [1.29, 1.82) is 0 Å². The van der Waals surface area contributed by atoms with Crippen LogP contribution in [0.15, 0.2) is 48.1 Å². The molecule has 3 N–H and O–H groups in total. The van der Waals surface area contributed by atoms with E-state index in [9.17, 15) is 18.0 Å². The van der Waals surface area contributed by atoms with Crippen LogP contribution in [0.3, 0.4) is 0 Å². The normalized spacial score (nSPS) is 12.3. The molecule has 0 atom stereocenters. The highest BCUT2D eigenvalue weighted by Gasteiger charge is 2.12. The molecule has 8 heteroatoms. The molecular formula is C12H11NO6S. The van der Waals surface area contributed by atoms with Crippen molar-refractivity contribution in [1.82, 2.24) is 0 Å². The Morgan fingerprint density at radius 2 is 1.80 bits per heavy atom. The van der Waals surface area contributed by atoms with Gasteiger partial charge >= 0.3 is 22.2 Å². The molecule has 7 nitrogen and oxygen atoms in total. The van der Waals surface area contributed by atoms with E-state index in [2.05, 4.69) is 9.32 Å². The lowest BCUT2D eigenvalue weighted by Crippen LogP contribution is -2.19. The van der Waals surface area contributed by atoms with Gasteiger partial charge in [0.2, 0.25) is 0 Å². The zero-order valence-corrected chi connectivity index (χ0v) is 10.9. The molecule has 106 valence electrons. The standard InChI is InChI=1S/C12H11NO6S/c13-20(17,18)19-11(14)8-10(12(15)16)7-6-9-4-2-1-3-5-9/h1-8H,(H,15,16)(H2,13,17,18). The first-order valence-corrected chi connectivity index (χ1v) is 6.69. The SMILES string of the molecule is NS(=O)(=O)OC(=O)C=C(C=Cc1ccccc1)C(=O)O. The summed E-state index contributed by atoms with van der Waals surface area (Å²) in [5.74, 6) is -2.80. The summed E-state index contributed by atoms with van der Waals surface area (Å²) in [5.41, 5.74) is 0.266. The Hall–Kier alpha value is -2.45. The molecule has 1 aromatic rings. The average molecular weight is 297 g/mol. The molecule has 0 radical (unpaired) electrons. The predicted octanol–water partition coefficient (Wildman–Crippen LogP) is 0.457. The van der Waals surface area contributed by atoms with E-state index in [1.54, 1.807) is 30.3 Å². The van der Waals surface area contributed by atoms with Crippen molar-refractivity contribution in [2.24, 2.45) is 5.14 Å². The first kappa shape index (κ1) is 15.6.